The van der Waals surface area contributed by atoms with Crippen molar-refractivity contribution in [2.24, 2.45) is 0 Å². The summed E-state index contributed by atoms with van der Waals surface area (Å²) in [6.45, 7) is 0. The third kappa shape index (κ3) is 2.26. The first-order valence-electron chi connectivity index (χ1n) is 4.37. The maximum atomic E-state index is 5.34. The number of furan rings is 1. The Morgan fingerprint density at radius 3 is 2.57 bits per heavy atom. The van der Waals surface area contributed by atoms with E-state index in [0.717, 1.165) is 11.5 Å². The Morgan fingerprint density at radius 2 is 1.86 bits per heavy atom. The minimum atomic E-state index is 0.779. The van der Waals surface area contributed by atoms with E-state index in [1.165, 1.54) is 0 Å². The van der Waals surface area contributed by atoms with Crippen LogP contribution in [-0.2, 0) is 0 Å². The van der Waals surface area contributed by atoms with Crippen LogP contribution in [0.15, 0.2) is 59.4 Å². The second kappa shape index (κ2) is 4.33. The van der Waals surface area contributed by atoms with Gasteiger partial charge in [-0.1, -0.05) is 18.2 Å². The number of benzene rings is 1. The molecule has 2 heteroatoms. The molecule has 0 aliphatic heterocycles. The third-order valence-electron chi connectivity index (χ3n) is 1.72. The van der Waals surface area contributed by atoms with Crippen molar-refractivity contribution in [1.29, 1.82) is 0 Å². The maximum absolute atomic E-state index is 5.34. The molecule has 1 aromatic heterocycles. The lowest BCUT2D eigenvalue weighted by atomic mass is 10.3. The minimum absolute atomic E-state index is 0.779. The molecule has 0 aliphatic carbocycles. The molecule has 0 fully saturated rings. The molecule has 2 nitrogen and oxygen atoms in total. The first-order chi connectivity index (χ1) is 6.95. The molecule has 0 bridgehead atoms. The van der Waals surface area contributed by atoms with Crippen molar-refractivity contribution < 1.29 is 9.15 Å². The summed E-state index contributed by atoms with van der Waals surface area (Å²) < 4.78 is 10.4. The van der Waals surface area contributed by atoms with Crippen LogP contribution in [0.25, 0.3) is 6.08 Å². The molecule has 0 saturated heterocycles. The Hall–Kier alpha value is -1.96. The van der Waals surface area contributed by atoms with Gasteiger partial charge < -0.3 is 9.15 Å². The molecule has 0 spiro atoms. The number of hydrogen-bond acceptors (Lipinski definition) is 2. The van der Waals surface area contributed by atoms with Gasteiger partial charge in [0.1, 0.15) is 11.5 Å². The van der Waals surface area contributed by atoms with Gasteiger partial charge in [0, 0.05) is 6.08 Å². The number of ether oxygens (including phenoxy) is 1. The lowest BCUT2D eigenvalue weighted by Crippen LogP contribution is -1.79. The van der Waals surface area contributed by atoms with Gasteiger partial charge in [0.2, 0.25) is 0 Å². The summed E-state index contributed by atoms with van der Waals surface area (Å²) in [5.74, 6) is 1.59. The normalized spacial score (nSPS) is 10.6. The summed E-state index contributed by atoms with van der Waals surface area (Å²) in [4.78, 5) is 0. The Morgan fingerprint density at radius 1 is 1.00 bits per heavy atom. The van der Waals surface area contributed by atoms with E-state index in [2.05, 4.69) is 0 Å². The first kappa shape index (κ1) is 8.63. The lowest BCUT2D eigenvalue weighted by molar-refractivity contribution is 0.482. The standard InChI is InChI=1S/C12H10O2/c1-2-5-11(6-3-1)14-10-8-12-7-4-9-13-12/h1-10H/b10-8-. The fourth-order valence-corrected chi connectivity index (χ4v) is 1.06. The summed E-state index contributed by atoms with van der Waals surface area (Å²) in [7, 11) is 0. The first-order valence-corrected chi connectivity index (χ1v) is 4.37. The average molecular weight is 186 g/mol. The molecule has 0 N–H and O–H groups in total. The van der Waals surface area contributed by atoms with Crippen molar-refractivity contribution in [2.45, 2.75) is 0 Å². The second-order valence-electron chi connectivity index (χ2n) is 2.75. The Bertz CT molecular complexity index is 388. The lowest BCUT2D eigenvalue weighted by Gasteiger charge is -1.96. The fraction of sp³-hybridized carbons (Fsp3) is 0. The highest BCUT2D eigenvalue weighted by Gasteiger charge is 1.88. The minimum Gasteiger partial charge on any atom is -0.465 e. The van der Waals surface area contributed by atoms with Gasteiger partial charge in [0.15, 0.2) is 0 Å². The largest absolute Gasteiger partial charge is 0.465 e. The van der Waals surface area contributed by atoms with E-state index >= 15 is 0 Å². The van der Waals surface area contributed by atoms with E-state index in [-0.39, 0.29) is 0 Å². The van der Waals surface area contributed by atoms with Crippen molar-refractivity contribution in [3.63, 3.8) is 0 Å². The highest BCUT2D eigenvalue weighted by atomic mass is 16.5. The van der Waals surface area contributed by atoms with Gasteiger partial charge in [-0.2, -0.15) is 0 Å². The fourth-order valence-electron chi connectivity index (χ4n) is 1.06. The Kier molecular flexibility index (Phi) is 2.67. The molecule has 1 heterocycles. The Labute approximate surface area is 82.4 Å². The molecule has 0 amide bonds. The topological polar surface area (TPSA) is 22.4 Å². The van der Waals surface area contributed by atoms with E-state index in [0.29, 0.717) is 0 Å². The average Bonchev–Trinajstić information content (AvgIpc) is 2.72. The van der Waals surface area contributed by atoms with E-state index in [1.807, 2.05) is 42.5 Å². The van der Waals surface area contributed by atoms with Gasteiger partial charge in [-0.05, 0) is 24.3 Å². The number of para-hydroxylation sites is 1. The van der Waals surface area contributed by atoms with Gasteiger partial charge in [-0.25, -0.2) is 0 Å². The van der Waals surface area contributed by atoms with Crippen LogP contribution in [0.5, 0.6) is 5.75 Å². The summed E-state index contributed by atoms with van der Waals surface area (Å²) in [5, 5.41) is 0. The summed E-state index contributed by atoms with van der Waals surface area (Å²) >= 11 is 0. The van der Waals surface area contributed by atoms with Crippen molar-refractivity contribution in [3.8, 4) is 5.75 Å². The predicted octanol–water partition coefficient (Wildman–Crippen LogP) is 3.33. The molecular weight excluding hydrogens is 176 g/mol. The zero-order chi connectivity index (χ0) is 9.64. The molecule has 1 aromatic carbocycles. The monoisotopic (exact) mass is 186 g/mol. The summed E-state index contributed by atoms with van der Waals surface area (Å²) in [5.41, 5.74) is 0. The molecule has 0 atom stereocenters. The summed E-state index contributed by atoms with van der Waals surface area (Å²) in [6, 6.07) is 13.3. The molecule has 70 valence electrons. The predicted molar refractivity (Wildman–Crippen MR) is 54.8 cm³/mol. The van der Waals surface area contributed by atoms with Crippen molar-refractivity contribution in [1.82, 2.24) is 0 Å². The van der Waals surface area contributed by atoms with Gasteiger partial charge in [-0.15, -0.1) is 0 Å². The molecule has 0 saturated carbocycles. The van der Waals surface area contributed by atoms with Gasteiger partial charge in [0.25, 0.3) is 0 Å². The molecular formula is C12H10O2. The molecule has 2 rings (SSSR count). The molecule has 0 radical (unpaired) electrons. The zero-order valence-electron chi connectivity index (χ0n) is 7.59. The third-order valence-corrected chi connectivity index (χ3v) is 1.72. The maximum Gasteiger partial charge on any atom is 0.129 e. The van der Waals surface area contributed by atoms with Crippen LogP contribution in [-0.4, -0.2) is 0 Å². The highest BCUT2D eigenvalue weighted by Crippen LogP contribution is 2.09. The quantitative estimate of drug-likeness (QED) is 0.686. The van der Waals surface area contributed by atoms with Crippen molar-refractivity contribution >= 4 is 6.08 Å². The van der Waals surface area contributed by atoms with Gasteiger partial charge in [0.05, 0.1) is 12.5 Å². The van der Waals surface area contributed by atoms with Crippen LogP contribution in [0.3, 0.4) is 0 Å². The molecule has 0 aliphatic rings. The molecule has 14 heavy (non-hydrogen) atoms. The van der Waals surface area contributed by atoms with Crippen LogP contribution in [0.2, 0.25) is 0 Å². The van der Waals surface area contributed by atoms with Crippen LogP contribution < -0.4 is 4.74 Å². The molecule has 0 unspecified atom stereocenters. The smallest absolute Gasteiger partial charge is 0.129 e. The molecule has 2 aromatic rings. The number of hydrogen-bond donors (Lipinski definition) is 0. The van der Waals surface area contributed by atoms with E-state index < -0.39 is 0 Å². The highest BCUT2D eigenvalue weighted by molar-refractivity contribution is 5.41. The SMILES string of the molecule is C(=C/c1ccco1)/Oc1ccccc1. The van der Waals surface area contributed by atoms with E-state index in [1.54, 1.807) is 18.6 Å². The van der Waals surface area contributed by atoms with Crippen LogP contribution in [0.1, 0.15) is 5.76 Å². The van der Waals surface area contributed by atoms with Crippen molar-refractivity contribution in [2.75, 3.05) is 0 Å². The van der Waals surface area contributed by atoms with Crippen LogP contribution >= 0.6 is 0 Å². The Balaban J connectivity index is 1.95. The van der Waals surface area contributed by atoms with E-state index in [4.69, 9.17) is 9.15 Å². The van der Waals surface area contributed by atoms with Crippen molar-refractivity contribution in [3.05, 3.63) is 60.8 Å². The summed E-state index contributed by atoms with van der Waals surface area (Å²) in [6.07, 6.45) is 5.00. The number of rotatable bonds is 3. The van der Waals surface area contributed by atoms with E-state index in [9.17, 15) is 0 Å². The van der Waals surface area contributed by atoms with Gasteiger partial charge in [-0.3, -0.25) is 0 Å². The van der Waals surface area contributed by atoms with Gasteiger partial charge >= 0.3 is 0 Å². The van der Waals surface area contributed by atoms with Crippen LogP contribution in [0, 0.1) is 0 Å². The second-order valence-corrected chi connectivity index (χ2v) is 2.75. The van der Waals surface area contributed by atoms with Crippen LogP contribution in [0.4, 0.5) is 0 Å². The zero-order valence-corrected chi connectivity index (χ0v) is 7.59.